The van der Waals surface area contributed by atoms with Crippen molar-refractivity contribution in [3.63, 3.8) is 0 Å². The summed E-state index contributed by atoms with van der Waals surface area (Å²) in [5.41, 5.74) is 1.34. The van der Waals surface area contributed by atoms with Crippen molar-refractivity contribution in [2.75, 3.05) is 20.3 Å². The number of aromatic carboxylic acids is 1. The van der Waals surface area contributed by atoms with Crippen LogP contribution >= 0.6 is 0 Å². The van der Waals surface area contributed by atoms with Crippen LogP contribution in [0.25, 0.3) is 0 Å². The molecular formula is C21H32N2O3. The molecule has 0 amide bonds. The third-order valence-electron chi connectivity index (χ3n) is 4.96. The molecule has 1 aromatic rings. The van der Waals surface area contributed by atoms with Crippen LogP contribution in [0, 0.1) is 0 Å². The zero-order valence-corrected chi connectivity index (χ0v) is 16.0. The molecule has 0 fully saturated rings. The second-order valence-electron chi connectivity index (χ2n) is 7.12. The van der Waals surface area contributed by atoms with Crippen molar-refractivity contribution >= 4 is 5.97 Å². The molecule has 5 nitrogen and oxygen atoms in total. The second kappa shape index (κ2) is 10.2. The Labute approximate surface area is 156 Å². The fourth-order valence-corrected chi connectivity index (χ4v) is 3.46. The molecule has 2 N–H and O–H groups in total. The fourth-order valence-electron chi connectivity index (χ4n) is 3.46. The Morgan fingerprint density at radius 1 is 1.12 bits per heavy atom. The molecule has 144 valence electrons. The maximum absolute atomic E-state index is 11.4. The van der Waals surface area contributed by atoms with Crippen LogP contribution in [0.3, 0.4) is 0 Å². The molecule has 1 atom stereocenters. The maximum Gasteiger partial charge on any atom is 0.336 e. The lowest BCUT2D eigenvalue weighted by Crippen LogP contribution is -2.26. The number of likely N-dealkylation sites (N-methyl/N-ethyl adjacent to an activating group) is 1. The number of unbranched alkanes of at least 4 members (excludes halogenated alkanes) is 6. The van der Waals surface area contributed by atoms with E-state index in [1.807, 2.05) is 18.1 Å². The summed E-state index contributed by atoms with van der Waals surface area (Å²) in [5.74, 6) is -1.01. The first kappa shape index (κ1) is 20.3. The van der Waals surface area contributed by atoms with Crippen molar-refractivity contribution in [3.8, 4) is 0 Å². The maximum atomic E-state index is 11.4. The fraction of sp³-hybridized carbons (Fsp3) is 0.571. The van der Waals surface area contributed by atoms with E-state index in [1.165, 1.54) is 44.6 Å². The van der Waals surface area contributed by atoms with Crippen molar-refractivity contribution in [1.29, 1.82) is 0 Å². The van der Waals surface area contributed by atoms with Gasteiger partial charge in [0.25, 0.3) is 0 Å². The average Bonchev–Trinajstić information content (AvgIpc) is 3.01. The van der Waals surface area contributed by atoms with Crippen molar-refractivity contribution in [1.82, 2.24) is 9.80 Å². The summed E-state index contributed by atoms with van der Waals surface area (Å²) in [4.78, 5) is 15.6. The monoisotopic (exact) mass is 360 g/mol. The third kappa shape index (κ3) is 5.49. The third-order valence-corrected chi connectivity index (χ3v) is 4.96. The first-order chi connectivity index (χ1) is 12.5. The van der Waals surface area contributed by atoms with Crippen LogP contribution < -0.4 is 0 Å². The molecule has 0 aromatic heterocycles. The summed E-state index contributed by atoms with van der Waals surface area (Å²) in [5, 5.41) is 20.1. The molecule has 0 aliphatic carbocycles. The Bertz CT molecular complexity index is 615. The summed E-state index contributed by atoms with van der Waals surface area (Å²) < 4.78 is 0. The predicted molar refractivity (Wildman–Crippen MR) is 104 cm³/mol. The van der Waals surface area contributed by atoms with Crippen LogP contribution in [-0.4, -0.2) is 46.2 Å². The minimum atomic E-state index is -1.01. The molecule has 0 saturated carbocycles. The normalized spacial score (nSPS) is 15.3. The number of rotatable bonds is 11. The minimum absolute atomic E-state index is 0.153. The van der Waals surface area contributed by atoms with Gasteiger partial charge in [0.2, 0.25) is 0 Å². The average molecular weight is 360 g/mol. The lowest BCUT2D eigenvalue weighted by Gasteiger charge is -2.22. The van der Waals surface area contributed by atoms with E-state index in [4.69, 9.17) is 0 Å². The van der Waals surface area contributed by atoms with Gasteiger partial charge in [0.1, 0.15) is 6.10 Å². The predicted octanol–water partition coefficient (Wildman–Crippen LogP) is 4.22. The molecule has 0 radical (unpaired) electrons. The molecule has 0 spiro atoms. The van der Waals surface area contributed by atoms with Crippen molar-refractivity contribution in [2.45, 2.75) is 58.0 Å². The Morgan fingerprint density at radius 2 is 1.77 bits per heavy atom. The Kier molecular flexibility index (Phi) is 7.98. The van der Waals surface area contributed by atoms with E-state index in [0.29, 0.717) is 5.56 Å². The van der Waals surface area contributed by atoms with Gasteiger partial charge in [-0.3, -0.25) is 0 Å². The molecule has 0 bridgehead atoms. The van der Waals surface area contributed by atoms with Gasteiger partial charge in [0.05, 0.1) is 17.9 Å². The van der Waals surface area contributed by atoms with Crippen LogP contribution in [0.1, 0.15) is 73.9 Å². The van der Waals surface area contributed by atoms with Gasteiger partial charge in [0, 0.05) is 25.4 Å². The van der Waals surface area contributed by atoms with Gasteiger partial charge in [-0.05, 0) is 12.5 Å². The number of aliphatic hydroxyl groups excluding tert-OH is 1. The first-order valence-corrected chi connectivity index (χ1v) is 9.71. The van der Waals surface area contributed by atoms with Gasteiger partial charge < -0.3 is 20.0 Å². The van der Waals surface area contributed by atoms with E-state index in [1.54, 1.807) is 18.2 Å². The lowest BCUT2D eigenvalue weighted by atomic mass is 10.0. The van der Waals surface area contributed by atoms with Crippen LogP contribution in [-0.2, 0) is 0 Å². The topological polar surface area (TPSA) is 64.0 Å². The van der Waals surface area contributed by atoms with Gasteiger partial charge in [-0.15, -0.1) is 0 Å². The summed E-state index contributed by atoms with van der Waals surface area (Å²) in [6, 6.07) is 6.66. The van der Waals surface area contributed by atoms with Gasteiger partial charge in [-0.25, -0.2) is 4.79 Å². The minimum Gasteiger partial charge on any atom is -0.478 e. The second-order valence-corrected chi connectivity index (χ2v) is 7.12. The summed E-state index contributed by atoms with van der Waals surface area (Å²) in [6.07, 6.45) is 9.98. The highest BCUT2D eigenvalue weighted by Gasteiger charge is 2.27. The molecule has 26 heavy (non-hydrogen) atoms. The van der Waals surface area contributed by atoms with Crippen LogP contribution in [0.2, 0.25) is 0 Å². The molecule has 1 unspecified atom stereocenters. The number of hydrogen-bond acceptors (Lipinski definition) is 4. The standard InChI is InChI=1S/C21H32N2O3/c1-3-4-5-6-7-8-11-14-23-15-19(22(2)16-23)20(24)17-12-9-10-13-18(17)21(25)26/h9-10,12-13,15,20,24H,3-8,11,14,16H2,1-2H3,(H,25,26). The van der Waals surface area contributed by atoms with E-state index in [2.05, 4.69) is 11.8 Å². The van der Waals surface area contributed by atoms with Gasteiger partial charge in [-0.1, -0.05) is 63.6 Å². The van der Waals surface area contributed by atoms with E-state index in [9.17, 15) is 15.0 Å². The summed E-state index contributed by atoms with van der Waals surface area (Å²) in [7, 11) is 1.93. The molecule has 0 saturated heterocycles. The number of carboxylic acids is 1. The lowest BCUT2D eigenvalue weighted by molar-refractivity contribution is 0.0690. The number of carbonyl (C=O) groups is 1. The number of nitrogens with zero attached hydrogens (tertiary/aromatic N) is 2. The molecule has 5 heteroatoms. The molecular weight excluding hydrogens is 328 g/mol. The van der Waals surface area contributed by atoms with Gasteiger partial charge in [0.15, 0.2) is 0 Å². The van der Waals surface area contributed by atoms with Crippen molar-refractivity contribution < 1.29 is 15.0 Å². The van der Waals surface area contributed by atoms with Crippen LogP contribution in [0.5, 0.6) is 0 Å². The number of carboxylic acid groups (broad SMARTS) is 1. The molecule has 1 heterocycles. The van der Waals surface area contributed by atoms with Crippen LogP contribution in [0.15, 0.2) is 36.2 Å². The van der Waals surface area contributed by atoms with E-state index in [0.717, 1.165) is 25.3 Å². The van der Waals surface area contributed by atoms with Crippen molar-refractivity contribution in [3.05, 3.63) is 47.3 Å². The highest BCUT2D eigenvalue weighted by molar-refractivity contribution is 5.89. The number of benzene rings is 1. The molecule has 1 aliphatic heterocycles. The Hall–Kier alpha value is -2.01. The van der Waals surface area contributed by atoms with Crippen LogP contribution in [0.4, 0.5) is 0 Å². The summed E-state index contributed by atoms with van der Waals surface area (Å²) in [6.45, 7) is 3.93. The summed E-state index contributed by atoms with van der Waals surface area (Å²) >= 11 is 0. The zero-order valence-electron chi connectivity index (χ0n) is 16.0. The number of hydrogen-bond donors (Lipinski definition) is 2. The Balaban J connectivity index is 1.89. The van der Waals surface area contributed by atoms with Gasteiger partial charge >= 0.3 is 5.97 Å². The highest BCUT2D eigenvalue weighted by atomic mass is 16.4. The SMILES string of the molecule is CCCCCCCCCN1C=C(C(O)c2ccccc2C(=O)O)N(C)C1. The zero-order chi connectivity index (χ0) is 18.9. The Morgan fingerprint density at radius 3 is 2.46 bits per heavy atom. The first-order valence-electron chi connectivity index (χ1n) is 9.71. The quantitative estimate of drug-likeness (QED) is 0.579. The van der Waals surface area contributed by atoms with E-state index in [-0.39, 0.29) is 5.56 Å². The van der Waals surface area contributed by atoms with E-state index >= 15 is 0 Å². The molecule has 1 aliphatic rings. The molecule has 2 rings (SSSR count). The number of aliphatic hydroxyl groups is 1. The van der Waals surface area contributed by atoms with Crippen molar-refractivity contribution in [2.24, 2.45) is 0 Å². The van der Waals surface area contributed by atoms with E-state index < -0.39 is 12.1 Å². The smallest absolute Gasteiger partial charge is 0.336 e. The molecule has 1 aromatic carbocycles. The largest absolute Gasteiger partial charge is 0.478 e. The van der Waals surface area contributed by atoms with Gasteiger partial charge in [-0.2, -0.15) is 0 Å². The highest BCUT2D eigenvalue weighted by Crippen LogP contribution is 2.30.